The highest BCUT2D eigenvalue weighted by molar-refractivity contribution is 6.01. The molecule has 0 aromatic heterocycles. The van der Waals surface area contributed by atoms with Crippen molar-refractivity contribution in [2.24, 2.45) is 0 Å². The fourth-order valence-electron chi connectivity index (χ4n) is 1.04. The van der Waals surface area contributed by atoms with Crippen molar-refractivity contribution >= 4 is 17.6 Å². The van der Waals surface area contributed by atoms with Gasteiger partial charge in [0.1, 0.15) is 6.42 Å². The number of benzene rings is 1. The van der Waals surface area contributed by atoms with Crippen LogP contribution in [-0.4, -0.2) is 17.0 Å². The standard InChI is InChI=1S/C10H11NO3/c1-7-4-2-3-5-8(7)11-9(12)6-10(13)14/h2-5H,6H2,1H3,(H,11,12)(H,13,14). The zero-order valence-corrected chi connectivity index (χ0v) is 7.78. The van der Waals surface area contributed by atoms with E-state index < -0.39 is 18.3 Å². The van der Waals surface area contributed by atoms with E-state index in [-0.39, 0.29) is 0 Å². The minimum atomic E-state index is -1.13. The van der Waals surface area contributed by atoms with Crippen molar-refractivity contribution in [1.29, 1.82) is 0 Å². The summed E-state index contributed by atoms with van der Waals surface area (Å²) in [4.78, 5) is 21.3. The number of aliphatic carboxylic acids is 1. The number of carbonyl (C=O) groups is 2. The zero-order valence-electron chi connectivity index (χ0n) is 7.78. The summed E-state index contributed by atoms with van der Waals surface area (Å²) < 4.78 is 0. The average molecular weight is 193 g/mol. The SMILES string of the molecule is Cc1ccccc1NC(=O)CC(=O)O. The van der Waals surface area contributed by atoms with Crippen LogP contribution in [0, 0.1) is 6.92 Å². The molecule has 0 aliphatic carbocycles. The van der Waals surface area contributed by atoms with E-state index in [9.17, 15) is 9.59 Å². The molecule has 0 unspecified atom stereocenters. The van der Waals surface area contributed by atoms with Crippen LogP contribution in [0.3, 0.4) is 0 Å². The molecule has 4 heteroatoms. The number of carboxylic acids is 1. The third kappa shape index (κ3) is 2.90. The lowest BCUT2D eigenvalue weighted by Gasteiger charge is -2.05. The zero-order chi connectivity index (χ0) is 10.6. The van der Waals surface area contributed by atoms with Gasteiger partial charge in [-0.1, -0.05) is 18.2 Å². The average Bonchev–Trinajstić information content (AvgIpc) is 2.07. The van der Waals surface area contributed by atoms with E-state index in [1.54, 1.807) is 12.1 Å². The highest BCUT2D eigenvalue weighted by Gasteiger charge is 2.08. The first kappa shape index (κ1) is 10.2. The molecular weight excluding hydrogens is 182 g/mol. The van der Waals surface area contributed by atoms with E-state index in [0.717, 1.165) is 5.56 Å². The number of amides is 1. The number of rotatable bonds is 3. The van der Waals surface area contributed by atoms with Crippen molar-refractivity contribution in [1.82, 2.24) is 0 Å². The summed E-state index contributed by atoms with van der Waals surface area (Å²) in [5.41, 5.74) is 1.56. The van der Waals surface area contributed by atoms with Crippen molar-refractivity contribution in [2.75, 3.05) is 5.32 Å². The molecule has 0 spiro atoms. The number of carboxylic acid groups (broad SMARTS) is 1. The number of aryl methyl sites for hydroxylation is 1. The predicted octanol–water partition coefficient (Wildman–Crippen LogP) is 1.41. The molecule has 0 bridgehead atoms. The molecule has 4 nitrogen and oxygen atoms in total. The van der Waals surface area contributed by atoms with Gasteiger partial charge in [0.15, 0.2) is 0 Å². The third-order valence-corrected chi connectivity index (χ3v) is 1.73. The monoisotopic (exact) mass is 193 g/mol. The largest absolute Gasteiger partial charge is 0.481 e. The van der Waals surface area contributed by atoms with E-state index in [4.69, 9.17) is 5.11 Å². The Morgan fingerprint density at radius 1 is 1.36 bits per heavy atom. The van der Waals surface area contributed by atoms with Gasteiger partial charge < -0.3 is 10.4 Å². The molecule has 0 saturated carbocycles. The van der Waals surface area contributed by atoms with Gasteiger partial charge in [-0.2, -0.15) is 0 Å². The van der Waals surface area contributed by atoms with E-state index in [0.29, 0.717) is 5.69 Å². The Labute approximate surface area is 81.6 Å². The van der Waals surface area contributed by atoms with Crippen molar-refractivity contribution in [3.63, 3.8) is 0 Å². The highest BCUT2D eigenvalue weighted by Crippen LogP contribution is 2.12. The molecule has 0 saturated heterocycles. The van der Waals surface area contributed by atoms with Crippen LogP contribution < -0.4 is 5.32 Å². The first-order valence-electron chi connectivity index (χ1n) is 4.17. The van der Waals surface area contributed by atoms with Crippen LogP contribution in [0.15, 0.2) is 24.3 Å². The number of nitrogens with one attached hydrogen (secondary N) is 1. The first-order chi connectivity index (χ1) is 6.59. The van der Waals surface area contributed by atoms with Gasteiger partial charge in [-0.3, -0.25) is 9.59 Å². The van der Waals surface area contributed by atoms with Crippen LogP contribution in [0.2, 0.25) is 0 Å². The second kappa shape index (κ2) is 4.41. The molecule has 0 fully saturated rings. The number of anilines is 1. The van der Waals surface area contributed by atoms with Gasteiger partial charge in [0.05, 0.1) is 0 Å². The van der Waals surface area contributed by atoms with Gasteiger partial charge >= 0.3 is 5.97 Å². The van der Waals surface area contributed by atoms with Crippen molar-refractivity contribution in [2.45, 2.75) is 13.3 Å². The maximum Gasteiger partial charge on any atom is 0.312 e. The van der Waals surface area contributed by atoms with Gasteiger partial charge in [0, 0.05) is 5.69 Å². The fraction of sp³-hybridized carbons (Fsp3) is 0.200. The first-order valence-corrected chi connectivity index (χ1v) is 4.17. The number of carbonyl (C=O) groups excluding carboxylic acids is 1. The quantitative estimate of drug-likeness (QED) is 0.713. The third-order valence-electron chi connectivity index (χ3n) is 1.73. The van der Waals surface area contributed by atoms with Gasteiger partial charge in [0.2, 0.25) is 5.91 Å². The normalized spacial score (nSPS) is 9.50. The summed E-state index contributed by atoms with van der Waals surface area (Å²) in [7, 11) is 0. The molecule has 0 aliphatic rings. The number of para-hydroxylation sites is 1. The molecule has 0 heterocycles. The molecule has 1 aromatic carbocycles. The van der Waals surface area contributed by atoms with E-state index in [2.05, 4.69) is 5.32 Å². The van der Waals surface area contributed by atoms with E-state index in [1.807, 2.05) is 19.1 Å². The minimum absolute atomic E-state index is 0.506. The van der Waals surface area contributed by atoms with Crippen LogP contribution in [-0.2, 0) is 9.59 Å². The summed E-state index contributed by atoms with van der Waals surface area (Å²) in [5, 5.41) is 10.9. The highest BCUT2D eigenvalue weighted by atomic mass is 16.4. The molecular formula is C10H11NO3. The molecule has 1 rings (SSSR count). The summed E-state index contributed by atoms with van der Waals surface area (Å²) in [6.07, 6.45) is -0.506. The Balaban J connectivity index is 2.65. The Hall–Kier alpha value is -1.84. The van der Waals surface area contributed by atoms with Crippen LogP contribution in [0.25, 0.3) is 0 Å². The molecule has 1 amide bonds. The lowest BCUT2D eigenvalue weighted by Crippen LogP contribution is -2.16. The van der Waals surface area contributed by atoms with Gasteiger partial charge in [0.25, 0.3) is 0 Å². The molecule has 74 valence electrons. The van der Waals surface area contributed by atoms with Gasteiger partial charge in [-0.15, -0.1) is 0 Å². The van der Waals surface area contributed by atoms with Crippen molar-refractivity contribution in [3.8, 4) is 0 Å². The summed E-state index contributed by atoms with van der Waals surface area (Å²) >= 11 is 0. The van der Waals surface area contributed by atoms with Gasteiger partial charge in [-0.05, 0) is 18.6 Å². The smallest absolute Gasteiger partial charge is 0.312 e. The second-order valence-corrected chi connectivity index (χ2v) is 2.93. The van der Waals surface area contributed by atoms with Crippen LogP contribution >= 0.6 is 0 Å². The Kier molecular flexibility index (Phi) is 3.23. The maximum absolute atomic E-state index is 11.1. The summed E-state index contributed by atoms with van der Waals surface area (Å²) in [6, 6.07) is 7.21. The molecule has 14 heavy (non-hydrogen) atoms. The van der Waals surface area contributed by atoms with Gasteiger partial charge in [-0.25, -0.2) is 0 Å². The minimum Gasteiger partial charge on any atom is -0.481 e. The van der Waals surface area contributed by atoms with E-state index >= 15 is 0 Å². The topological polar surface area (TPSA) is 66.4 Å². The van der Waals surface area contributed by atoms with Crippen LogP contribution in [0.5, 0.6) is 0 Å². The van der Waals surface area contributed by atoms with Crippen LogP contribution in [0.4, 0.5) is 5.69 Å². The maximum atomic E-state index is 11.1. The molecule has 2 N–H and O–H groups in total. The molecule has 0 radical (unpaired) electrons. The fourth-order valence-corrected chi connectivity index (χ4v) is 1.04. The lowest BCUT2D eigenvalue weighted by atomic mass is 10.2. The van der Waals surface area contributed by atoms with E-state index in [1.165, 1.54) is 0 Å². The summed E-state index contributed by atoms with van der Waals surface area (Å²) in [5.74, 6) is -1.64. The predicted molar refractivity (Wildman–Crippen MR) is 52.1 cm³/mol. The Bertz CT molecular complexity index is 360. The number of hydrogen-bond acceptors (Lipinski definition) is 2. The Morgan fingerprint density at radius 3 is 2.57 bits per heavy atom. The molecule has 0 atom stereocenters. The Morgan fingerprint density at radius 2 is 2.00 bits per heavy atom. The molecule has 0 aliphatic heterocycles. The number of hydrogen-bond donors (Lipinski definition) is 2. The second-order valence-electron chi connectivity index (χ2n) is 2.93. The summed E-state index contributed by atoms with van der Waals surface area (Å²) in [6.45, 7) is 1.84. The van der Waals surface area contributed by atoms with Crippen LogP contribution in [0.1, 0.15) is 12.0 Å². The van der Waals surface area contributed by atoms with Crippen molar-refractivity contribution in [3.05, 3.63) is 29.8 Å². The lowest BCUT2D eigenvalue weighted by molar-refractivity contribution is -0.139. The molecule has 1 aromatic rings. The van der Waals surface area contributed by atoms with Crippen molar-refractivity contribution < 1.29 is 14.7 Å².